The molecule has 0 aliphatic heterocycles. The molecule has 1 aromatic carbocycles. The molecule has 0 aromatic heterocycles. The summed E-state index contributed by atoms with van der Waals surface area (Å²) < 4.78 is 0. The first-order valence-corrected chi connectivity index (χ1v) is 21.6. The number of nitrogens with two attached hydrogens (primary N) is 1. The quantitative estimate of drug-likeness (QED) is 0.0232. The molecular formula is C40H57N9O19S. The minimum absolute atomic E-state index is 0.00842. The average Bonchev–Trinajstić information content (AvgIpc) is 3.28. The van der Waals surface area contributed by atoms with Gasteiger partial charge in [-0.3, -0.25) is 38.4 Å². The van der Waals surface area contributed by atoms with E-state index in [0.717, 1.165) is 5.56 Å². The van der Waals surface area contributed by atoms with Crippen molar-refractivity contribution in [3.8, 4) is 0 Å². The van der Waals surface area contributed by atoms with Crippen LogP contribution in [-0.4, -0.2) is 169 Å². The van der Waals surface area contributed by atoms with Gasteiger partial charge in [0.05, 0.1) is 6.42 Å². The summed E-state index contributed by atoms with van der Waals surface area (Å²) in [6.07, 6.45) is -3.91. The zero-order chi connectivity index (χ0) is 52.2. The number of amides is 8. The second kappa shape index (κ2) is 31.4. The van der Waals surface area contributed by atoms with Crippen LogP contribution in [0.4, 0.5) is 4.79 Å². The van der Waals surface area contributed by atoms with Crippen molar-refractivity contribution in [1.82, 2.24) is 42.5 Å². The van der Waals surface area contributed by atoms with Crippen LogP contribution in [0.1, 0.15) is 69.8 Å². The average molecular weight is 1000 g/mol. The molecule has 16 N–H and O–H groups in total. The monoisotopic (exact) mass is 999 g/mol. The van der Waals surface area contributed by atoms with Crippen molar-refractivity contribution in [3.05, 3.63) is 35.9 Å². The predicted octanol–water partition coefficient (Wildman–Crippen LogP) is -3.90. The number of hydrogen-bond acceptors (Lipinski definition) is 15. The SMILES string of the molecule is N[C@@H](CNC(=O)CC[C@H](NC(=O)[C@H](CCc1ccccc1)NC(=O)CCCNC(=O)CC[C@H](NC(=O)N[C@@H](CCC(=O)O)C(=O)O)C(=O)O)C(=O)O)C(=O)N[C@@H](CC(=O)O)C(=O)N[C@@H](CS)C(=O)O. The van der Waals surface area contributed by atoms with Crippen LogP contribution in [0, 0.1) is 0 Å². The molecule has 0 aliphatic carbocycles. The first-order valence-electron chi connectivity index (χ1n) is 21.0. The molecule has 0 heterocycles. The summed E-state index contributed by atoms with van der Waals surface area (Å²) in [5.41, 5.74) is 6.56. The molecule has 7 atom stereocenters. The van der Waals surface area contributed by atoms with Crippen molar-refractivity contribution in [3.63, 3.8) is 0 Å². The lowest BCUT2D eigenvalue weighted by molar-refractivity contribution is -0.143. The molecule has 0 fully saturated rings. The molecule has 0 saturated heterocycles. The van der Waals surface area contributed by atoms with E-state index in [4.69, 9.17) is 21.1 Å². The zero-order valence-corrected chi connectivity index (χ0v) is 37.7. The molecule has 8 amide bonds. The summed E-state index contributed by atoms with van der Waals surface area (Å²) in [6.45, 7) is -0.683. The topological polar surface area (TPSA) is 466 Å². The van der Waals surface area contributed by atoms with Gasteiger partial charge in [0.25, 0.3) is 0 Å². The number of rotatable bonds is 34. The van der Waals surface area contributed by atoms with Crippen LogP contribution in [0.3, 0.4) is 0 Å². The lowest BCUT2D eigenvalue weighted by Gasteiger charge is -2.22. The van der Waals surface area contributed by atoms with Gasteiger partial charge in [-0.1, -0.05) is 30.3 Å². The molecule has 0 radical (unpaired) electrons. The molecule has 28 nitrogen and oxygen atoms in total. The highest BCUT2D eigenvalue weighted by Gasteiger charge is 2.31. The van der Waals surface area contributed by atoms with Crippen LogP contribution in [0.15, 0.2) is 30.3 Å². The highest BCUT2D eigenvalue weighted by molar-refractivity contribution is 7.80. The Hall–Kier alpha value is -7.56. The molecule has 0 spiro atoms. The van der Waals surface area contributed by atoms with Gasteiger partial charge in [-0.25, -0.2) is 24.0 Å². The van der Waals surface area contributed by atoms with Crippen molar-refractivity contribution in [2.24, 2.45) is 5.73 Å². The standard InChI is InChI=1S/C40H57N9O19S/c41-21(33(57)46-26(17-32(55)56)35(59)47-27(19-69)39(66)67)18-43-29(51)14-10-23(36(60)61)45-34(58)22(9-8-20-5-2-1-3-6-20)44-30(52)7-4-16-42-28(50)13-11-24(37(62)63)48-40(68)49-25(38(64)65)12-15-31(53)54/h1-3,5-6,21-27,69H,4,7-19,41H2,(H,42,50)(H,43,51)(H,44,52)(H,45,58)(H,46,57)(H,47,59)(H,53,54)(H,55,56)(H,60,61)(H,62,63)(H,64,65)(H,66,67)(H2,48,49,68)/t21-,22-,23-,24-,25-,26-,27-/m0/s1. The van der Waals surface area contributed by atoms with E-state index in [2.05, 4.69) is 39.2 Å². The van der Waals surface area contributed by atoms with Crippen molar-refractivity contribution in [1.29, 1.82) is 0 Å². The smallest absolute Gasteiger partial charge is 0.327 e. The van der Waals surface area contributed by atoms with E-state index in [1.54, 1.807) is 30.3 Å². The van der Waals surface area contributed by atoms with E-state index in [0.29, 0.717) is 0 Å². The zero-order valence-electron chi connectivity index (χ0n) is 36.8. The normalized spacial score (nSPS) is 13.7. The summed E-state index contributed by atoms with van der Waals surface area (Å²) in [7, 11) is 0. The van der Waals surface area contributed by atoms with Gasteiger partial charge >= 0.3 is 41.8 Å². The Morgan fingerprint density at radius 1 is 0.493 bits per heavy atom. The van der Waals surface area contributed by atoms with E-state index in [9.17, 15) is 77.6 Å². The van der Waals surface area contributed by atoms with Crippen LogP contribution < -0.4 is 48.3 Å². The minimum atomic E-state index is -1.76. The van der Waals surface area contributed by atoms with Crippen molar-refractivity contribution >= 4 is 89.9 Å². The second-order valence-electron chi connectivity index (χ2n) is 15.1. The van der Waals surface area contributed by atoms with Gasteiger partial charge < -0.3 is 78.9 Å². The maximum absolute atomic E-state index is 13.4. The maximum atomic E-state index is 13.4. The number of carbonyl (C=O) groups excluding carboxylic acids is 7. The summed E-state index contributed by atoms with van der Waals surface area (Å²) in [4.78, 5) is 157. The third-order valence-corrected chi connectivity index (χ3v) is 9.94. The largest absolute Gasteiger partial charge is 0.481 e. The Kier molecular flexibility index (Phi) is 27.1. The summed E-state index contributed by atoms with van der Waals surface area (Å²) >= 11 is 3.79. The molecule has 0 aliphatic rings. The Morgan fingerprint density at radius 2 is 0.971 bits per heavy atom. The highest BCUT2D eigenvalue weighted by atomic mass is 32.1. The van der Waals surface area contributed by atoms with Gasteiger partial charge in [-0.15, -0.1) is 0 Å². The molecule has 382 valence electrons. The van der Waals surface area contributed by atoms with Gasteiger partial charge in [-0.05, 0) is 44.1 Å². The first-order chi connectivity index (χ1) is 32.4. The molecule has 1 aromatic rings. The van der Waals surface area contributed by atoms with E-state index in [1.165, 1.54) is 0 Å². The van der Waals surface area contributed by atoms with Crippen LogP contribution in [0.5, 0.6) is 0 Å². The fourth-order valence-electron chi connectivity index (χ4n) is 5.80. The predicted molar refractivity (Wildman–Crippen MR) is 237 cm³/mol. The molecule has 29 heteroatoms. The number of aliphatic carboxylic acids is 6. The van der Waals surface area contributed by atoms with Crippen molar-refractivity contribution < 1.29 is 93.0 Å². The second-order valence-corrected chi connectivity index (χ2v) is 15.4. The number of aryl methyl sites for hydroxylation is 1. The lowest BCUT2D eigenvalue weighted by atomic mass is 10.0. The molecule has 69 heavy (non-hydrogen) atoms. The molecule has 1 rings (SSSR count). The summed E-state index contributed by atoms with van der Waals surface area (Å²) in [6, 6.07) is -3.56. The molecule has 0 unspecified atom stereocenters. The number of thiol groups is 1. The Bertz CT molecular complexity index is 2010. The number of carbonyl (C=O) groups is 13. The number of urea groups is 1. The van der Waals surface area contributed by atoms with Gasteiger partial charge in [0.2, 0.25) is 35.4 Å². The first kappa shape index (κ1) is 59.5. The third-order valence-electron chi connectivity index (χ3n) is 9.57. The van der Waals surface area contributed by atoms with Crippen molar-refractivity contribution in [2.45, 2.75) is 113 Å². The van der Waals surface area contributed by atoms with E-state index >= 15 is 0 Å². The van der Waals surface area contributed by atoms with Crippen LogP contribution in [0.2, 0.25) is 0 Å². The number of hydrogen-bond donors (Lipinski definition) is 16. The summed E-state index contributed by atoms with van der Waals surface area (Å²) in [5.74, 6) is -14.7. The van der Waals surface area contributed by atoms with E-state index in [-0.39, 0.29) is 38.0 Å². The van der Waals surface area contributed by atoms with E-state index < -0.39 is 171 Å². The van der Waals surface area contributed by atoms with Crippen LogP contribution in [-0.2, 0) is 64.0 Å². The third kappa shape index (κ3) is 25.2. The number of benzene rings is 1. The number of carboxylic acid groups (broad SMARTS) is 6. The number of carboxylic acids is 6. The van der Waals surface area contributed by atoms with Gasteiger partial charge in [0.15, 0.2) is 0 Å². The Labute approximate surface area is 398 Å². The Morgan fingerprint density at radius 3 is 1.48 bits per heavy atom. The molecule has 0 saturated carbocycles. The fraction of sp³-hybridized carbons (Fsp3) is 0.525. The van der Waals surface area contributed by atoms with Gasteiger partial charge in [0.1, 0.15) is 42.3 Å². The van der Waals surface area contributed by atoms with Crippen molar-refractivity contribution in [2.75, 3.05) is 18.8 Å². The van der Waals surface area contributed by atoms with Crippen LogP contribution >= 0.6 is 12.6 Å². The summed E-state index contributed by atoms with van der Waals surface area (Å²) in [5, 5.41) is 73.2. The minimum Gasteiger partial charge on any atom is -0.481 e. The van der Waals surface area contributed by atoms with Gasteiger partial charge in [-0.2, -0.15) is 12.6 Å². The lowest BCUT2D eigenvalue weighted by Crippen LogP contribution is -2.57. The fourth-order valence-corrected chi connectivity index (χ4v) is 6.05. The molecule has 0 bridgehead atoms. The Balaban J connectivity index is 2.79. The van der Waals surface area contributed by atoms with Crippen LogP contribution in [0.25, 0.3) is 0 Å². The van der Waals surface area contributed by atoms with E-state index in [1.807, 2.05) is 16.0 Å². The number of nitrogens with one attached hydrogen (secondary N) is 8. The molecular weight excluding hydrogens is 943 g/mol. The van der Waals surface area contributed by atoms with Gasteiger partial charge in [0, 0.05) is 44.5 Å². The highest BCUT2D eigenvalue weighted by Crippen LogP contribution is 2.09. The maximum Gasteiger partial charge on any atom is 0.327 e.